The van der Waals surface area contributed by atoms with E-state index in [2.05, 4.69) is 46.9 Å². The standard InChI is InChI=1S/C27H25N4O2S4/c1-5-30-21(15-20-28(3)16-11-7-9-13-18(16)34-20)36-23(24(30)32)27-31(6-2)25(33)22(37-27)26-29(4)17-12-8-10-14-19(17)35-26/h7-15H,5-6H2,1-4H3/q+1/b26-22+,27-23+. The predicted molar refractivity (Wildman–Crippen MR) is 156 cm³/mol. The average molecular weight is 566 g/mol. The van der Waals surface area contributed by atoms with Crippen molar-refractivity contribution >= 4 is 72.8 Å². The lowest BCUT2D eigenvalue weighted by Gasteiger charge is -2.11. The second-order valence-corrected chi connectivity index (χ2v) is 12.8. The van der Waals surface area contributed by atoms with Crippen LogP contribution in [0.3, 0.4) is 0 Å². The van der Waals surface area contributed by atoms with Crippen LogP contribution in [0.4, 0.5) is 5.69 Å². The summed E-state index contributed by atoms with van der Waals surface area (Å²) >= 11 is 6.22. The fraction of sp³-hybridized carbons (Fsp3) is 0.222. The number of aromatic nitrogens is 3. The molecule has 0 unspecified atom stereocenters. The van der Waals surface area contributed by atoms with Crippen LogP contribution in [-0.4, -0.2) is 16.2 Å². The largest absolute Gasteiger partial charge is 0.337 e. The molecule has 6 nitrogen and oxygen atoms in total. The molecule has 4 heterocycles. The van der Waals surface area contributed by atoms with E-state index in [0.29, 0.717) is 22.2 Å². The molecule has 37 heavy (non-hydrogen) atoms. The van der Waals surface area contributed by atoms with E-state index in [4.69, 9.17) is 0 Å². The number of fused-ring (bicyclic) bond motifs is 2. The molecule has 0 saturated heterocycles. The maximum Gasteiger partial charge on any atom is 0.272 e. The van der Waals surface area contributed by atoms with E-state index in [-0.39, 0.29) is 11.1 Å². The van der Waals surface area contributed by atoms with Gasteiger partial charge in [-0.1, -0.05) is 47.4 Å². The van der Waals surface area contributed by atoms with Crippen LogP contribution >= 0.6 is 45.8 Å². The molecule has 0 spiro atoms. The van der Waals surface area contributed by atoms with E-state index < -0.39 is 0 Å². The molecule has 1 aliphatic heterocycles. The van der Waals surface area contributed by atoms with Crippen LogP contribution in [0, 0.1) is 9.20 Å². The lowest BCUT2D eigenvalue weighted by atomic mass is 10.3. The van der Waals surface area contributed by atoms with Gasteiger partial charge in [-0.05, 0) is 32.0 Å². The lowest BCUT2D eigenvalue weighted by Crippen LogP contribution is -2.31. The van der Waals surface area contributed by atoms with Gasteiger partial charge in [-0.3, -0.25) is 18.7 Å². The third-order valence-electron chi connectivity index (χ3n) is 6.57. The average Bonchev–Trinajstić information content (AvgIpc) is 3.61. The predicted octanol–water partition coefficient (Wildman–Crippen LogP) is 3.64. The Morgan fingerprint density at radius 3 is 2.30 bits per heavy atom. The van der Waals surface area contributed by atoms with E-state index in [9.17, 15) is 9.59 Å². The number of para-hydroxylation sites is 2. The number of rotatable bonds is 3. The number of aryl methyl sites for hydroxylation is 1. The fourth-order valence-corrected chi connectivity index (χ4v) is 9.58. The van der Waals surface area contributed by atoms with Gasteiger partial charge in [-0.15, -0.1) is 22.7 Å². The van der Waals surface area contributed by atoms with Crippen LogP contribution in [0.5, 0.6) is 0 Å². The Kier molecular flexibility index (Phi) is 6.22. The smallest absolute Gasteiger partial charge is 0.272 e. The summed E-state index contributed by atoms with van der Waals surface area (Å²) < 4.78 is 9.86. The molecule has 0 amide bonds. The van der Waals surface area contributed by atoms with Gasteiger partial charge in [0.15, 0.2) is 0 Å². The van der Waals surface area contributed by atoms with Crippen molar-refractivity contribution in [1.82, 2.24) is 9.13 Å². The number of anilines is 1. The molecule has 0 radical (unpaired) electrons. The van der Waals surface area contributed by atoms with Gasteiger partial charge in [-0.2, -0.15) is 4.57 Å². The number of hydrogen-bond donors (Lipinski definition) is 0. The second-order valence-electron chi connectivity index (χ2n) is 8.65. The Morgan fingerprint density at radius 2 is 1.57 bits per heavy atom. The Balaban J connectivity index is 1.65. The highest BCUT2D eigenvalue weighted by molar-refractivity contribution is 8.08. The first-order chi connectivity index (χ1) is 17.9. The minimum atomic E-state index is -0.0433. The van der Waals surface area contributed by atoms with Gasteiger partial charge in [0.2, 0.25) is 5.52 Å². The Labute approximate surface area is 229 Å². The van der Waals surface area contributed by atoms with Crippen molar-refractivity contribution in [3.63, 3.8) is 0 Å². The highest BCUT2D eigenvalue weighted by Crippen LogP contribution is 2.45. The van der Waals surface area contributed by atoms with Gasteiger partial charge in [0.25, 0.3) is 16.1 Å². The molecule has 5 aromatic rings. The van der Waals surface area contributed by atoms with Crippen LogP contribution in [0.1, 0.15) is 18.9 Å². The summed E-state index contributed by atoms with van der Waals surface area (Å²) in [6, 6.07) is 16.5. The highest BCUT2D eigenvalue weighted by atomic mass is 32.2. The van der Waals surface area contributed by atoms with E-state index in [1.807, 2.05) is 49.7 Å². The quantitative estimate of drug-likeness (QED) is 0.314. The van der Waals surface area contributed by atoms with E-state index in [1.165, 1.54) is 32.9 Å². The number of benzene rings is 2. The number of thiazole rings is 3. The summed E-state index contributed by atoms with van der Waals surface area (Å²) in [5, 5.41) is 1.99. The Hall–Kier alpha value is -2.92. The highest BCUT2D eigenvalue weighted by Gasteiger charge is 2.24. The molecule has 0 N–H and O–H groups in total. The molecule has 0 bridgehead atoms. The van der Waals surface area contributed by atoms with Gasteiger partial charge in [0, 0.05) is 31.1 Å². The molecule has 0 atom stereocenters. The molecule has 0 fully saturated rings. The van der Waals surface area contributed by atoms with Crippen molar-refractivity contribution < 1.29 is 4.57 Å². The molecule has 0 saturated carbocycles. The van der Waals surface area contributed by atoms with Crippen molar-refractivity contribution in [2.75, 3.05) is 11.9 Å². The number of nitrogens with zero attached hydrogens (tertiary/aromatic N) is 4. The van der Waals surface area contributed by atoms with Crippen molar-refractivity contribution in [3.05, 3.63) is 92.6 Å². The van der Waals surface area contributed by atoms with Crippen molar-refractivity contribution in [2.45, 2.75) is 31.8 Å². The molecule has 0 aliphatic carbocycles. The second kappa shape index (κ2) is 9.43. The van der Waals surface area contributed by atoms with Gasteiger partial charge >= 0.3 is 0 Å². The molecule has 6 rings (SSSR count). The van der Waals surface area contributed by atoms with Crippen molar-refractivity contribution in [1.29, 1.82) is 0 Å². The minimum absolute atomic E-state index is 0.0399. The van der Waals surface area contributed by atoms with Crippen LogP contribution in [0.25, 0.3) is 21.3 Å². The minimum Gasteiger partial charge on any atom is -0.337 e. The van der Waals surface area contributed by atoms with E-state index in [0.717, 1.165) is 29.9 Å². The molecular formula is C27H25N4O2S4+. The monoisotopic (exact) mass is 565 g/mol. The van der Waals surface area contributed by atoms with Crippen LogP contribution < -0.4 is 29.8 Å². The third-order valence-corrected chi connectivity index (χ3v) is 11.5. The van der Waals surface area contributed by atoms with Crippen LogP contribution in [-0.2, 0) is 20.1 Å². The first-order valence-electron chi connectivity index (χ1n) is 12.0. The molecule has 188 valence electrons. The van der Waals surface area contributed by atoms with Gasteiger partial charge in [0.05, 0.1) is 11.8 Å². The Bertz CT molecular complexity index is 2030. The zero-order chi connectivity index (χ0) is 25.8. The molecule has 1 aliphatic rings. The van der Waals surface area contributed by atoms with E-state index >= 15 is 0 Å². The summed E-state index contributed by atoms with van der Waals surface area (Å²) in [4.78, 5) is 30.4. The van der Waals surface area contributed by atoms with Crippen molar-refractivity contribution in [3.8, 4) is 0 Å². The summed E-state index contributed by atoms with van der Waals surface area (Å²) in [6.45, 7) is 5.02. The summed E-state index contributed by atoms with van der Waals surface area (Å²) in [5.74, 6) is 0. The van der Waals surface area contributed by atoms with Crippen molar-refractivity contribution in [2.24, 2.45) is 7.05 Å². The number of hydrogen-bond acceptors (Lipinski definition) is 7. The fourth-order valence-electron chi connectivity index (χ4n) is 4.62. The summed E-state index contributed by atoms with van der Waals surface area (Å²) in [6.07, 6.45) is 2.10. The Morgan fingerprint density at radius 1 is 0.865 bits per heavy atom. The molecule has 3 aromatic heterocycles. The summed E-state index contributed by atoms with van der Waals surface area (Å²) in [7, 11) is 4.05. The van der Waals surface area contributed by atoms with Gasteiger partial charge in [-0.25, -0.2) is 0 Å². The zero-order valence-corrected chi connectivity index (χ0v) is 24.1. The first-order valence-corrected chi connectivity index (χ1v) is 15.3. The zero-order valence-electron chi connectivity index (χ0n) is 20.8. The van der Waals surface area contributed by atoms with Crippen LogP contribution in [0.15, 0.2) is 63.0 Å². The number of thioether (sulfide) groups is 1. The molecular weight excluding hydrogens is 541 g/mol. The maximum atomic E-state index is 13.6. The summed E-state index contributed by atoms with van der Waals surface area (Å²) in [5.41, 5.74) is 2.18. The topological polar surface area (TPSA) is 51.1 Å². The molecule has 10 heteroatoms. The van der Waals surface area contributed by atoms with Gasteiger partial charge in [0.1, 0.15) is 35.2 Å². The maximum absolute atomic E-state index is 13.6. The van der Waals surface area contributed by atoms with Crippen LogP contribution in [0.2, 0.25) is 0 Å². The SMILES string of the molecule is CCn1c(=O)/c(=c2\s/c(=C3/Sc4ccccc4N3C)c(=O)n2CC)s/c1=C/c1sc2ccccc2[n+]1C. The first kappa shape index (κ1) is 24.4. The lowest BCUT2D eigenvalue weighted by molar-refractivity contribution is -0.642. The third kappa shape index (κ3) is 3.85. The molecule has 2 aromatic carbocycles. The normalized spacial score (nSPS) is 16.2. The van der Waals surface area contributed by atoms with Gasteiger partial charge < -0.3 is 4.90 Å². The van der Waals surface area contributed by atoms with E-state index in [1.54, 1.807) is 27.7 Å².